The van der Waals surface area contributed by atoms with Crippen molar-refractivity contribution in [3.8, 4) is 0 Å². The summed E-state index contributed by atoms with van der Waals surface area (Å²) in [5, 5.41) is 0. The summed E-state index contributed by atoms with van der Waals surface area (Å²) in [6, 6.07) is 0. The van der Waals surface area contributed by atoms with E-state index in [1.165, 1.54) is 0 Å². The Kier molecular flexibility index (Phi) is 4.20. The number of halogens is 8. The lowest BCUT2D eigenvalue weighted by atomic mass is 10.6. The summed E-state index contributed by atoms with van der Waals surface area (Å²) in [7, 11) is -6.56. The van der Waals surface area contributed by atoms with Crippen LogP contribution >= 0.6 is 0 Å². The second-order valence-electron chi connectivity index (χ2n) is 2.44. The van der Waals surface area contributed by atoms with E-state index in [2.05, 4.69) is 0 Å². The van der Waals surface area contributed by atoms with Crippen molar-refractivity contribution in [2.75, 3.05) is 0 Å². The van der Waals surface area contributed by atoms with Crippen molar-refractivity contribution >= 4 is 15.9 Å². The molecule has 0 radical (unpaired) electrons. The molecular weight excluding hydrogens is 310 g/mol. The lowest BCUT2D eigenvalue weighted by molar-refractivity contribution is -0.409. The van der Waals surface area contributed by atoms with E-state index in [4.69, 9.17) is 0 Å². The van der Waals surface area contributed by atoms with Crippen LogP contribution < -0.4 is 4.72 Å². The fourth-order valence-corrected chi connectivity index (χ4v) is 0.910. The largest absolute Gasteiger partial charge is 0.527 e. The third kappa shape index (κ3) is 4.59. The first-order chi connectivity index (χ1) is 7.58. The number of carbonyl (C=O) groups excluding carboxylic acids is 1. The van der Waals surface area contributed by atoms with Gasteiger partial charge in [0, 0.05) is 0 Å². The normalized spacial score (nSPS) is 14.4. The van der Waals surface area contributed by atoms with Gasteiger partial charge in [0.25, 0.3) is 0 Å². The Hall–Kier alpha value is -1.18. The second-order valence-corrected chi connectivity index (χ2v) is 4.12. The molecule has 0 aromatic heterocycles. The molecule has 5 nitrogen and oxygen atoms in total. The highest BCUT2D eigenvalue weighted by Crippen LogP contribution is 2.29. The molecule has 14 heteroatoms. The van der Waals surface area contributed by atoms with Gasteiger partial charge in [0.1, 0.15) is 0 Å². The summed E-state index contributed by atoms with van der Waals surface area (Å²) in [6.45, 7) is 0. The van der Waals surface area contributed by atoms with Gasteiger partial charge in [-0.25, -0.2) is 9.46 Å². The molecule has 0 aliphatic heterocycles. The topological polar surface area (TPSA) is 72.5 Å². The van der Waals surface area contributed by atoms with Crippen molar-refractivity contribution in [1.29, 1.82) is 0 Å². The molecule has 108 valence electrons. The summed E-state index contributed by atoms with van der Waals surface area (Å²) in [4.78, 5) is 10.2. The highest BCUT2D eigenvalue weighted by molar-refractivity contribution is 7.90. The molecule has 1 N–H and O–H groups in total. The van der Waals surface area contributed by atoms with E-state index in [0.717, 1.165) is 0 Å². The Morgan fingerprint density at radius 2 is 1.33 bits per heavy atom. The Morgan fingerprint density at radius 3 is 1.61 bits per heavy atom. The minimum atomic E-state index is -6.56. The predicted octanol–water partition coefficient (Wildman–Crippen LogP) is 1.08. The molecule has 0 saturated heterocycles. The van der Waals surface area contributed by atoms with Crippen LogP contribution in [-0.4, -0.2) is 32.3 Å². The van der Waals surface area contributed by atoms with Gasteiger partial charge in [-0.15, -0.1) is 13.2 Å². The zero-order chi connectivity index (χ0) is 15.0. The molecule has 0 spiro atoms. The number of ether oxygens (including phenoxy) is 1. The van der Waals surface area contributed by atoms with Crippen LogP contribution in [0, 0.1) is 0 Å². The molecule has 0 rings (SSSR count). The lowest BCUT2D eigenvalue weighted by Crippen LogP contribution is -2.50. The standard InChI is InChI=1S/C4HF8NO4S/c5-2(6,17-3(7,8)9)1(14)13-18(15,16)4(10,11)12/h(H,13,14). The van der Waals surface area contributed by atoms with Gasteiger partial charge in [0.2, 0.25) is 0 Å². The first-order valence-corrected chi connectivity index (χ1v) is 4.85. The third-order valence-electron chi connectivity index (χ3n) is 1.04. The summed E-state index contributed by atoms with van der Waals surface area (Å²) >= 11 is 0. The number of sulfonamides is 1. The smallest absolute Gasteiger partial charge is 0.264 e. The van der Waals surface area contributed by atoms with E-state index in [-0.39, 0.29) is 4.72 Å². The van der Waals surface area contributed by atoms with Crippen molar-refractivity contribution < 1.29 is 53.1 Å². The van der Waals surface area contributed by atoms with Crippen LogP contribution in [0.1, 0.15) is 0 Å². The summed E-state index contributed by atoms with van der Waals surface area (Å²) in [5.41, 5.74) is -6.16. The Morgan fingerprint density at radius 1 is 0.944 bits per heavy atom. The second kappa shape index (κ2) is 4.49. The number of alkyl halides is 8. The van der Waals surface area contributed by atoms with Gasteiger partial charge in [-0.05, 0) is 0 Å². The maximum atomic E-state index is 12.2. The number of hydrogen-bond donors (Lipinski definition) is 1. The van der Waals surface area contributed by atoms with Crippen molar-refractivity contribution in [2.45, 2.75) is 18.0 Å². The van der Waals surface area contributed by atoms with Gasteiger partial charge < -0.3 is 0 Å². The molecule has 0 saturated carbocycles. The number of carbonyl (C=O) groups is 1. The van der Waals surface area contributed by atoms with E-state index < -0.39 is 33.9 Å². The lowest BCUT2D eigenvalue weighted by Gasteiger charge is -2.17. The van der Waals surface area contributed by atoms with Gasteiger partial charge in [0.05, 0.1) is 0 Å². The maximum absolute atomic E-state index is 12.2. The molecule has 0 aliphatic carbocycles. The quantitative estimate of drug-likeness (QED) is 0.792. The average molecular weight is 311 g/mol. The monoisotopic (exact) mass is 311 g/mol. The Labute approximate surface area is 92.7 Å². The van der Waals surface area contributed by atoms with Crippen molar-refractivity contribution in [2.24, 2.45) is 0 Å². The molecule has 0 aromatic rings. The SMILES string of the molecule is O=C(NS(=O)(=O)C(F)(F)F)C(F)(F)OC(F)(F)F. The fourth-order valence-electron chi connectivity index (χ4n) is 0.431. The van der Waals surface area contributed by atoms with E-state index >= 15 is 0 Å². The van der Waals surface area contributed by atoms with Gasteiger partial charge in [-0.1, -0.05) is 0 Å². The first kappa shape index (κ1) is 16.8. The van der Waals surface area contributed by atoms with Crippen LogP contribution in [0.4, 0.5) is 35.1 Å². The molecule has 0 atom stereocenters. The van der Waals surface area contributed by atoms with Crippen LogP contribution in [-0.2, 0) is 19.6 Å². The summed E-state index contributed by atoms with van der Waals surface area (Å²) in [5.74, 6) is -3.43. The van der Waals surface area contributed by atoms with Crippen LogP contribution in [0.15, 0.2) is 0 Å². The highest BCUT2D eigenvalue weighted by atomic mass is 32.2. The minimum Gasteiger partial charge on any atom is -0.264 e. The number of nitrogens with one attached hydrogen (secondary N) is 1. The Balaban J connectivity index is 5.00. The van der Waals surface area contributed by atoms with Crippen LogP contribution in [0.3, 0.4) is 0 Å². The third-order valence-corrected chi connectivity index (χ3v) is 2.10. The van der Waals surface area contributed by atoms with Crippen molar-refractivity contribution in [1.82, 2.24) is 4.72 Å². The van der Waals surface area contributed by atoms with E-state index in [1.54, 1.807) is 0 Å². The van der Waals surface area contributed by atoms with Crippen molar-refractivity contribution in [3.63, 3.8) is 0 Å². The van der Waals surface area contributed by atoms with Crippen LogP contribution in [0.25, 0.3) is 0 Å². The molecule has 0 unspecified atom stereocenters. The van der Waals surface area contributed by atoms with Gasteiger partial charge in [0.15, 0.2) is 0 Å². The number of hydrogen-bond acceptors (Lipinski definition) is 4. The van der Waals surface area contributed by atoms with Gasteiger partial charge in [-0.3, -0.25) is 4.79 Å². The van der Waals surface area contributed by atoms with Crippen molar-refractivity contribution in [3.05, 3.63) is 0 Å². The first-order valence-electron chi connectivity index (χ1n) is 3.37. The molecule has 0 aliphatic rings. The average Bonchev–Trinajstić information content (AvgIpc) is 1.95. The number of amides is 1. The molecule has 0 bridgehead atoms. The van der Waals surface area contributed by atoms with Crippen LogP contribution in [0.5, 0.6) is 0 Å². The molecule has 0 aromatic carbocycles. The van der Waals surface area contributed by atoms with Gasteiger partial charge in [-0.2, -0.15) is 30.4 Å². The molecule has 0 heterocycles. The zero-order valence-electron chi connectivity index (χ0n) is 7.56. The maximum Gasteiger partial charge on any atom is 0.527 e. The summed E-state index contributed by atoms with van der Waals surface area (Å²) < 4.78 is 115. The highest BCUT2D eigenvalue weighted by Gasteiger charge is 2.55. The molecular formula is C4HF8NO4S. The molecule has 0 fully saturated rings. The fraction of sp³-hybridized carbons (Fsp3) is 0.750. The van der Waals surface area contributed by atoms with E-state index in [1.807, 2.05) is 4.74 Å². The minimum absolute atomic E-state index is 0.308. The van der Waals surface area contributed by atoms with Crippen LogP contribution in [0.2, 0.25) is 0 Å². The molecule has 18 heavy (non-hydrogen) atoms. The molecule has 1 amide bonds. The van der Waals surface area contributed by atoms with E-state index in [9.17, 15) is 48.3 Å². The predicted molar refractivity (Wildman–Crippen MR) is 35.2 cm³/mol. The van der Waals surface area contributed by atoms with E-state index in [0.29, 0.717) is 0 Å². The number of rotatable bonds is 3. The zero-order valence-corrected chi connectivity index (χ0v) is 8.38. The Bertz CT molecular complexity index is 421. The summed E-state index contributed by atoms with van der Waals surface area (Å²) in [6.07, 6.45) is -11.9. The van der Waals surface area contributed by atoms with Gasteiger partial charge >= 0.3 is 33.9 Å².